The van der Waals surface area contributed by atoms with Crippen LogP contribution in [0.4, 0.5) is 0 Å². The minimum Gasteiger partial charge on any atom is -0.483 e. The number of aromatic nitrogens is 4. The zero-order chi connectivity index (χ0) is 13.8. The van der Waals surface area contributed by atoms with Crippen LogP contribution >= 0.6 is 11.3 Å². The van der Waals surface area contributed by atoms with E-state index in [1.54, 1.807) is 17.5 Å². The van der Waals surface area contributed by atoms with Crippen molar-refractivity contribution in [2.75, 3.05) is 0 Å². The zero-order valence-electron chi connectivity index (χ0n) is 11.1. The molecular weight excluding hydrogens is 272 g/mol. The molecule has 0 N–H and O–H groups in total. The fraction of sp³-hybridized carbons (Fsp3) is 0.214. The summed E-state index contributed by atoms with van der Waals surface area (Å²) in [6, 6.07) is 10.0. The second-order valence-corrected chi connectivity index (χ2v) is 5.25. The molecule has 20 heavy (non-hydrogen) atoms. The van der Waals surface area contributed by atoms with Crippen molar-refractivity contribution in [3.05, 3.63) is 47.7 Å². The summed E-state index contributed by atoms with van der Waals surface area (Å²) in [5, 5.41) is 14.3. The lowest BCUT2D eigenvalue weighted by Gasteiger charge is -1.98. The van der Waals surface area contributed by atoms with Gasteiger partial charge < -0.3 is 4.74 Å². The van der Waals surface area contributed by atoms with E-state index in [1.165, 1.54) is 0 Å². The number of rotatable bonds is 5. The topological polar surface area (TPSA) is 52.8 Å². The Bertz CT molecular complexity index is 677. The van der Waals surface area contributed by atoms with Crippen LogP contribution in [0.25, 0.3) is 10.6 Å². The summed E-state index contributed by atoms with van der Waals surface area (Å²) in [6.45, 7) is 3.29. The first-order chi connectivity index (χ1) is 9.85. The molecule has 0 radical (unpaired) electrons. The minimum atomic E-state index is 0.417. The third-order valence-corrected chi connectivity index (χ3v) is 3.73. The molecule has 2 heterocycles. The molecule has 3 aromatic rings. The second kappa shape index (κ2) is 5.83. The highest BCUT2D eigenvalue weighted by Gasteiger charge is 2.07. The average molecular weight is 286 g/mol. The van der Waals surface area contributed by atoms with Crippen molar-refractivity contribution in [3.63, 3.8) is 0 Å². The van der Waals surface area contributed by atoms with Gasteiger partial charge in [-0.1, -0.05) is 41.7 Å². The van der Waals surface area contributed by atoms with E-state index >= 15 is 0 Å². The van der Waals surface area contributed by atoms with Crippen molar-refractivity contribution in [2.45, 2.75) is 20.1 Å². The van der Waals surface area contributed by atoms with Gasteiger partial charge in [-0.05, 0) is 6.92 Å². The number of hydrogen-bond donors (Lipinski definition) is 0. The maximum absolute atomic E-state index is 5.65. The summed E-state index contributed by atoms with van der Waals surface area (Å²) in [6.07, 6.45) is 3.59. The molecule has 0 aliphatic rings. The van der Waals surface area contributed by atoms with E-state index in [1.807, 2.05) is 48.1 Å². The van der Waals surface area contributed by atoms with Crippen molar-refractivity contribution >= 4 is 11.3 Å². The van der Waals surface area contributed by atoms with Gasteiger partial charge in [-0.25, -0.2) is 0 Å². The van der Waals surface area contributed by atoms with E-state index < -0.39 is 0 Å². The molecule has 0 aliphatic carbocycles. The highest BCUT2D eigenvalue weighted by Crippen LogP contribution is 2.23. The fourth-order valence-corrected chi connectivity index (χ4v) is 2.50. The van der Waals surface area contributed by atoms with Crippen molar-refractivity contribution < 1.29 is 4.74 Å². The van der Waals surface area contributed by atoms with Gasteiger partial charge in [0.25, 0.3) is 0 Å². The van der Waals surface area contributed by atoms with E-state index in [0.29, 0.717) is 6.61 Å². The van der Waals surface area contributed by atoms with Crippen LogP contribution in [-0.2, 0) is 13.2 Å². The van der Waals surface area contributed by atoms with Crippen LogP contribution in [0.1, 0.15) is 11.9 Å². The Morgan fingerprint density at radius 3 is 2.80 bits per heavy atom. The Hall–Kier alpha value is -2.21. The predicted molar refractivity (Wildman–Crippen MR) is 77.6 cm³/mol. The molecule has 0 amide bonds. The van der Waals surface area contributed by atoms with E-state index in [9.17, 15) is 0 Å². The number of hydrogen-bond acceptors (Lipinski definition) is 5. The molecule has 1 aromatic carbocycles. The lowest BCUT2D eigenvalue weighted by molar-refractivity contribution is 0.304. The van der Waals surface area contributed by atoms with Gasteiger partial charge in [-0.3, -0.25) is 4.68 Å². The first-order valence-corrected chi connectivity index (χ1v) is 7.20. The molecule has 3 rings (SSSR count). The highest BCUT2D eigenvalue weighted by atomic mass is 32.1. The van der Waals surface area contributed by atoms with Gasteiger partial charge in [0.05, 0.1) is 12.4 Å². The summed E-state index contributed by atoms with van der Waals surface area (Å²) >= 11 is 1.54. The standard InChI is InChI=1S/C14H14N4OS/c1-2-18-9-12(8-15-18)19-10-13-16-17-14(20-13)11-6-4-3-5-7-11/h3-9H,2,10H2,1H3. The van der Waals surface area contributed by atoms with Crippen LogP contribution in [0.3, 0.4) is 0 Å². The molecular formula is C14H14N4OS. The normalized spacial score (nSPS) is 10.7. The number of nitrogens with zero attached hydrogens (tertiary/aromatic N) is 4. The van der Waals surface area contributed by atoms with E-state index in [0.717, 1.165) is 27.9 Å². The molecule has 0 spiro atoms. The Kier molecular flexibility index (Phi) is 3.73. The summed E-state index contributed by atoms with van der Waals surface area (Å²) in [7, 11) is 0. The van der Waals surface area contributed by atoms with Crippen LogP contribution in [0.5, 0.6) is 5.75 Å². The van der Waals surface area contributed by atoms with Gasteiger partial charge in [-0.2, -0.15) is 5.10 Å². The smallest absolute Gasteiger partial charge is 0.157 e. The summed E-state index contributed by atoms with van der Waals surface area (Å²) in [5.41, 5.74) is 1.08. The number of ether oxygens (including phenoxy) is 1. The molecule has 5 nitrogen and oxygen atoms in total. The van der Waals surface area contributed by atoms with Crippen LogP contribution < -0.4 is 4.74 Å². The number of aryl methyl sites for hydroxylation is 1. The minimum absolute atomic E-state index is 0.417. The Labute approximate surface area is 120 Å². The Balaban J connectivity index is 1.65. The molecule has 0 unspecified atom stereocenters. The fourth-order valence-electron chi connectivity index (χ4n) is 1.75. The van der Waals surface area contributed by atoms with Crippen LogP contribution in [-0.4, -0.2) is 20.0 Å². The zero-order valence-corrected chi connectivity index (χ0v) is 11.9. The summed E-state index contributed by atoms with van der Waals surface area (Å²) in [5.74, 6) is 0.753. The molecule has 2 aromatic heterocycles. The Morgan fingerprint density at radius 1 is 1.20 bits per heavy atom. The van der Waals surface area contributed by atoms with Crippen molar-refractivity contribution in [1.82, 2.24) is 20.0 Å². The number of benzene rings is 1. The highest BCUT2D eigenvalue weighted by molar-refractivity contribution is 7.14. The molecule has 0 atom stereocenters. The molecule has 0 fully saturated rings. The van der Waals surface area contributed by atoms with Crippen molar-refractivity contribution in [1.29, 1.82) is 0 Å². The van der Waals surface area contributed by atoms with E-state index in [-0.39, 0.29) is 0 Å². The maximum atomic E-state index is 5.65. The van der Waals surface area contributed by atoms with Gasteiger partial charge in [0.2, 0.25) is 0 Å². The third-order valence-electron chi connectivity index (χ3n) is 2.78. The summed E-state index contributed by atoms with van der Waals surface area (Å²) in [4.78, 5) is 0. The van der Waals surface area contributed by atoms with Crippen LogP contribution in [0.2, 0.25) is 0 Å². The third kappa shape index (κ3) is 2.85. The lowest BCUT2D eigenvalue weighted by Crippen LogP contribution is -1.94. The van der Waals surface area contributed by atoms with Gasteiger partial charge in [-0.15, -0.1) is 10.2 Å². The molecule has 0 bridgehead atoms. The van der Waals surface area contributed by atoms with Crippen LogP contribution in [0, 0.1) is 0 Å². The monoisotopic (exact) mass is 286 g/mol. The van der Waals surface area contributed by atoms with Crippen molar-refractivity contribution in [2.24, 2.45) is 0 Å². The largest absolute Gasteiger partial charge is 0.483 e. The van der Waals surface area contributed by atoms with Crippen molar-refractivity contribution in [3.8, 4) is 16.3 Å². The molecule has 0 saturated carbocycles. The molecule has 102 valence electrons. The van der Waals surface area contributed by atoms with Gasteiger partial charge in [0.15, 0.2) is 10.8 Å². The Morgan fingerprint density at radius 2 is 2.05 bits per heavy atom. The van der Waals surface area contributed by atoms with Crippen LogP contribution in [0.15, 0.2) is 42.7 Å². The lowest BCUT2D eigenvalue weighted by atomic mass is 10.2. The van der Waals surface area contributed by atoms with Gasteiger partial charge >= 0.3 is 0 Å². The molecule has 0 aliphatic heterocycles. The van der Waals surface area contributed by atoms with Gasteiger partial charge in [0.1, 0.15) is 11.6 Å². The maximum Gasteiger partial charge on any atom is 0.157 e. The average Bonchev–Trinajstić information content (AvgIpc) is 3.15. The second-order valence-electron chi connectivity index (χ2n) is 4.19. The molecule has 6 heteroatoms. The SMILES string of the molecule is CCn1cc(OCc2nnc(-c3ccccc3)s2)cn1. The summed E-state index contributed by atoms with van der Waals surface area (Å²) < 4.78 is 7.47. The first-order valence-electron chi connectivity index (χ1n) is 6.38. The van der Waals surface area contributed by atoms with Gasteiger partial charge in [0, 0.05) is 12.1 Å². The molecule has 0 saturated heterocycles. The van der Waals surface area contributed by atoms with E-state index in [2.05, 4.69) is 15.3 Å². The first kappa shape index (κ1) is 12.8. The predicted octanol–water partition coefficient (Wildman–Crippen LogP) is 3.00. The van der Waals surface area contributed by atoms with E-state index in [4.69, 9.17) is 4.74 Å². The quantitative estimate of drug-likeness (QED) is 0.723.